The molecule has 2 atom stereocenters. The second-order valence-corrected chi connectivity index (χ2v) is 11.2. The first-order chi connectivity index (χ1) is 14.2. The van der Waals surface area contributed by atoms with Gasteiger partial charge in [0.1, 0.15) is 11.8 Å². The highest BCUT2D eigenvalue weighted by Gasteiger charge is 2.51. The van der Waals surface area contributed by atoms with Crippen molar-refractivity contribution < 1.29 is 22.7 Å². The van der Waals surface area contributed by atoms with E-state index < -0.39 is 32.8 Å². The minimum atomic E-state index is -4.02. The molecular formula is C22H27NO5S2. The molecule has 0 amide bonds. The van der Waals surface area contributed by atoms with Crippen LogP contribution in [0.3, 0.4) is 0 Å². The highest BCUT2D eigenvalue weighted by Crippen LogP contribution is 2.45. The molecule has 2 aromatic rings. The zero-order valence-corrected chi connectivity index (χ0v) is 19.2. The normalized spacial score (nSPS) is 22.1. The van der Waals surface area contributed by atoms with Crippen LogP contribution in [0.4, 0.5) is 0 Å². The van der Waals surface area contributed by atoms with Crippen molar-refractivity contribution in [3.8, 4) is 5.75 Å². The van der Waals surface area contributed by atoms with Crippen LogP contribution in [0.2, 0.25) is 0 Å². The fourth-order valence-electron chi connectivity index (χ4n) is 3.79. The van der Waals surface area contributed by atoms with E-state index in [0.717, 1.165) is 5.56 Å². The number of benzene rings is 2. The number of carbonyl (C=O) groups is 1. The van der Waals surface area contributed by atoms with E-state index in [2.05, 4.69) is 0 Å². The lowest BCUT2D eigenvalue weighted by atomic mass is 9.98. The maximum Gasteiger partial charge on any atom is 0.325 e. The third-order valence-corrected chi connectivity index (χ3v) is 8.62. The van der Waals surface area contributed by atoms with Crippen LogP contribution in [-0.2, 0) is 19.6 Å². The summed E-state index contributed by atoms with van der Waals surface area (Å²) in [4.78, 5) is 13.1. The molecule has 1 aliphatic heterocycles. The average Bonchev–Trinajstić information content (AvgIpc) is 2.89. The number of sulfonamides is 1. The van der Waals surface area contributed by atoms with Gasteiger partial charge < -0.3 is 9.47 Å². The van der Waals surface area contributed by atoms with Crippen molar-refractivity contribution in [3.63, 3.8) is 0 Å². The van der Waals surface area contributed by atoms with E-state index in [0.29, 0.717) is 17.9 Å². The summed E-state index contributed by atoms with van der Waals surface area (Å²) in [6.45, 7) is 3.78. The first-order valence-corrected chi connectivity index (χ1v) is 12.1. The van der Waals surface area contributed by atoms with E-state index in [4.69, 9.17) is 9.47 Å². The molecule has 1 saturated heterocycles. The molecule has 30 heavy (non-hydrogen) atoms. The molecule has 0 aromatic heterocycles. The summed E-state index contributed by atoms with van der Waals surface area (Å²) in [5, 5.41) is 0. The van der Waals surface area contributed by atoms with Gasteiger partial charge in [-0.3, -0.25) is 4.79 Å². The molecule has 0 spiro atoms. The van der Waals surface area contributed by atoms with Crippen molar-refractivity contribution in [1.82, 2.24) is 4.31 Å². The third-order valence-electron chi connectivity index (χ3n) is 5.33. The lowest BCUT2D eigenvalue weighted by Gasteiger charge is -2.39. The van der Waals surface area contributed by atoms with E-state index in [9.17, 15) is 13.2 Å². The number of ether oxygens (including phenoxy) is 2. The summed E-state index contributed by atoms with van der Waals surface area (Å²) in [6, 6.07) is 14.2. The number of thioether (sulfide) groups is 1. The van der Waals surface area contributed by atoms with Crippen LogP contribution in [0.25, 0.3) is 0 Å². The molecule has 6 nitrogen and oxygen atoms in total. The summed E-state index contributed by atoms with van der Waals surface area (Å²) in [5.74, 6) is 0.714. The van der Waals surface area contributed by atoms with Gasteiger partial charge in [-0.15, -0.1) is 0 Å². The summed E-state index contributed by atoms with van der Waals surface area (Å²) < 4.78 is 38.8. The largest absolute Gasteiger partial charge is 0.497 e. The Morgan fingerprint density at radius 3 is 2.27 bits per heavy atom. The third kappa shape index (κ3) is 4.36. The standard InChI is InChI=1S/C22H27NO5S2/c1-22(2)20(21(24)28-4)23(19(14-15-29-22)16-8-6-5-7-9-16)30(25,26)18-12-10-17(27-3)11-13-18/h5-13,19-20H,14-15H2,1-4H3/t19-,20-/m0/s1. The van der Waals surface area contributed by atoms with E-state index in [1.165, 1.54) is 30.7 Å². The molecule has 0 bridgehead atoms. The molecule has 2 aromatic carbocycles. The smallest absolute Gasteiger partial charge is 0.325 e. The van der Waals surface area contributed by atoms with Crippen molar-refractivity contribution in [1.29, 1.82) is 0 Å². The van der Waals surface area contributed by atoms with Gasteiger partial charge >= 0.3 is 5.97 Å². The fourth-order valence-corrected chi connectivity index (χ4v) is 7.00. The number of hydrogen-bond acceptors (Lipinski definition) is 6. The molecule has 0 N–H and O–H groups in total. The van der Waals surface area contributed by atoms with Crippen LogP contribution in [0, 0.1) is 0 Å². The molecule has 3 rings (SSSR count). The van der Waals surface area contributed by atoms with Gasteiger partial charge in [-0.1, -0.05) is 30.3 Å². The monoisotopic (exact) mass is 449 g/mol. The zero-order valence-electron chi connectivity index (χ0n) is 17.6. The van der Waals surface area contributed by atoms with Crippen LogP contribution < -0.4 is 4.74 Å². The number of carbonyl (C=O) groups excluding carboxylic acids is 1. The Labute approximate surface area is 182 Å². The van der Waals surface area contributed by atoms with Crippen molar-refractivity contribution in [2.75, 3.05) is 20.0 Å². The number of nitrogens with zero attached hydrogens (tertiary/aromatic N) is 1. The summed E-state index contributed by atoms with van der Waals surface area (Å²) in [5.41, 5.74) is 0.849. The van der Waals surface area contributed by atoms with Gasteiger partial charge in [0.05, 0.1) is 25.2 Å². The van der Waals surface area contributed by atoms with Crippen LogP contribution >= 0.6 is 11.8 Å². The number of methoxy groups -OCH3 is 2. The summed E-state index contributed by atoms with van der Waals surface area (Å²) >= 11 is 1.59. The van der Waals surface area contributed by atoms with Crippen LogP contribution in [-0.4, -0.2) is 49.5 Å². The molecule has 8 heteroatoms. The molecular weight excluding hydrogens is 422 g/mol. The van der Waals surface area contributed by atoms with E-state index >= 15 is 0 Å². The van der Waals surface area contributed by atoms with E-state index in [1.54, 1.807) is 23.9 Å². The van der Waals surface area contributed by atoms with Gasteiger partial charge in [0.2, 0.25) is 10.0 Å². The van der Waals surface area contributed by atoms with Gasteiger partial charge in [-0.2, -0.15) is 16.1 Å². The van der Waals surface area contributed by atoms with E-state index in [-0.39, 0.29) is 4.90 Å². The average molecular weight is 450 g/mol. The van der Waals surface area contributed by atoms with Crippen LogP contribution in [0.1, 0.15) is 31.9 Å². The van der Waals surface area contributed by atoms with Gasteiger partial charge in [-0.05, 0) is 55.9 Å². The van der Waals surface area contributed by atoms with Crippen molar-refractivity contribution >= 4 is 27.8 Å². The van der Waals surface area contributed by atoms with Gasteiger partial charge in [0, 0.05) is 4.75 Å². The van der Waals surface area contributed by atoms with Gasteiger partial charge in [0.25, 0.3) is 0 Å². The SMILES string of the molecule is COC(=O)[C@@H]1N(S(=O)(=O)c2ccc(OC)cc2)[C@H](c2ccccc2)CCSC1(C)C. The molecule has 162 valence electrons. The first-order valence-electron chi connectivity index (χ1n) is 9.66. The highest BCUT2D eigenvalue weighted by atomic mass is 32.2. The maximum absolute atomic E-state index is 13.9. The van der Waals surface area contributed by atoms with Gasteiger partial charge in [-0.25, -0.2) is 8.42 Å². The highest BCUT2D eigenvalue weighted by molar-refractivity contribution is 8.00. The molecule has 1 aliphatic rings. The Morgan fingerprint density at radius 1 is 1.07 bits per heavy atom. The molecule has 0 saturated carbocycles. The number of rotatable bonds is 5. The van der Waals surface area contributed by atoms with Crippen molar-refractivity contribution in [2.24, 2.45) is 0 Å². The molecule has 0 unspecified atom stereocenters. The van der Waals surface area contributed by atoms with E-state index in [1.807, 2.05) is 44.2 Å². The molecule has 0 aliphatic carbocycles. The minimum absolute atomic E-state index is 0.112. The van der Waals surface area contributed by atoms with Crippen LogP contribution in [0.15, 0.2) is 59.5 Å². The number of esters is 1. The Kier molecular flexibility index (Phi) is 6.79. The Bertz CT molecular complexity index is 974. The summed E-state index contributed by atoms with van der Waals surface area (Å²) in [6.07, 6.45) is 0.584. The zero-order chi connectivity index (χ0) is 21.9. The molecule has 1 fully saturated rings. The molecule has 0 radical (unpaired) electrons. The Balaban J connectivity index is 2.21. The molecule has 1 heterocycles. The number of hydrogen-bond donors (Lipinski definition) is 0. The maximum atomic E-state index is 13.9. The van der Waals surface area contributed by atoms with Crippen molar-refractivity contribution in [2.45, 2.75) is 42.0 Å². The Hall–Kier alpha value is -2.03. The predicted molar refractivity (Wildman–Crippen MR) is 118 cm³/mol. The fraction of sp³-hybridized carbons (Fsp3) is 0.409. The first kappa shape index (κ1) is 22.7. The topological polar surface area (TPSA) is 72.9 Å². The minimum Gasteiger partial charge on any atom is -0.497 e. The van der Waals surface area contributed by atoms with Crippen molar-refractivity contribution in [3.05, 3.63) is 60.2 Å². The second kappa shape index (κ2) is 8.99. The summed E-state index contributed by atoms with van der Waals surface area (Å²) in [7, 11) is -1.20. The van der Waals surface area contributed by atoms with Gasteiger partial charge in [0.15, 0.2) is 0 Å². The second-order valence-electron chi connectivity index (χ2n) is 7.60. The Morgan fingerprint density at radius 2 is 1.70 bits per heavy atom. The van der Waals surface area contributed by atoms with Crippen LogP contribution in [0.5, 0.6) is 5.75 Å². The lowest BCUT2D eigenvalue weighted by Crippen LogP contribution is -2.55. The predicted octanol–water partition coefficient (Wildman–Crippen LogP) is 3.88. The quantitative estimate of drug-likeness (QED) is 0.645. The lowest BCUT2D eigenvalue weighted by molar-refractivity contribution is -0.146.